The van der Waals surface area contributed by atoms with Crippen molar-refractivity contribution in [3.05, 3.63) is 24.3 Å². The van der Waals surface area contributed by atoms with Crippen LogP contribution in [0.25, 0.3) is 0 Å². The summed E-state index contributed by atoms with van der Waals surface area (Å²) in [7, 11) is 0. The Hall–Kier alpha value is -2.09. The van der Waals surface area contributed by atoms with Crippen LogP contribution in [0.2, 0.25) is 0 Å². The Morgan fingerprint density at radius 1 is 0.655 bits per heavy atom. The van der Waals surface area contributed by atoms with Crippen LogP contribution in [-0.2, 0) is 0 Å². The molecule has 15 heteroatoms. The van der Waals surface area contributed by atoms with E-state index in [9.17, 15) is 62.2 Å². The minimum atomic E-state index is -7.93. The van der Waals surface area contributed by atoms with E-state index < -0.39 is 60.3 Å². The van der Waals surface area contributed by atoms with Gasteiger partial charge in [0, 0.05) is 0 Å². The van der Waals surface area contributed by atoms with E-state index in [0.29, 0.717) is 0 Å². The van der Waals surface area contributed by atoms with E-state index in [0.717, 1.165) is 18.2 Å². The van der Waals surface area contributed by atoms with Gasteiger partial charge in [-0.1, -0.05) is 12.1 Å². The molecular formula is C14H9F13O2. The highest BCUT2D eigenvalue weighted by Gasteiger charge is 2.90. The molecule has 0 radical (unpaired) electrons. The molecule has 0 unspecified atom stereocenters. The number of halogens is 13. The van der Waals surface area contributed by atoms with Crippen molar-refractivity contribution in [2.75, 3.05) is 6.61 Å². The molecule has 0 aliphatic rings. The van der Waals surface area contributed by atoms with Crippen LogP contribution < -0.4 is 4.74 Å². The van der Waals surface area contributed by atoms with Gasteiger partial charge in [-0.2, -0.15) is 57.1 Å². The van der Waals surface area contributed by atoms with Crippen molar-refractivity contribution >= 4 is 0 Å². The minimum absolute atomic E-state index is 0.618. The monoisotopic (exact) mass is 456 g/mol. The fourth-order valence-electron chi connectivity index (χ4n) is 1.83. The van der Waals surface area contributed by atoms with Gasteiger partial charge in [0.2, 0.25) is 0 Å². The number of aromatic hydroxyl groups is 1. The lowest BCUT2D eigenvalue weighted by Crippen LogP contribution is -2.70. The number of hydrogen-bond acceptors (Lipinski definition) is 2. The molecule has 1 aromatic rings. The second kappa shape index (κ2) is 7.31. The molecule has 0 atom stereocenters. The maximum absolute atomic E-state index is 13.5. The van der Waals surface area contributed by atoms with Crippen molar-refractivity contribution in [3.8, 4) is 11.5 Å². The van der Waals surface area contributed by atoms with Crippen LogP contribution in [-0.4, -0.2) is 47.5 Å². The maximum Gasteiger partial charge on any atom is 0.460 e. The molecule has 2 nitrogen and oxygen atoms in total. The number of para-hydroxylation sites is 2. The van der Waals surface area contributed by atoms with Crippen LogP contribution >= 0.6 is 0 Å². The van der Waals surface area contributed by atoms with Gasteiger partial charge in [-0.25, -0.2) is 0 Å². The third kappa shape index (κ3) is 3.99. The first kappa shape index (κ1) is 24.9. The summed E-state index contributed by atoms with van der Waals surface area (Å²) in [5.74, 6) is -38.4. The Bertz CT molecular complexity index is 712. The third-order valence-electron chi connectivity index (χ3n) is 3.54. The SMILES string of the molecule is Oc1ccccc1OCCC(F)(F)C(F)(F)C(F)(F)C(F)(F)C(F)(F)C(F)(F)F. The number of benzene rings is 1. The summed E-state index contributed by atoms with van der Waals surface area (Å²) in [6.07, 6.45) is -9.95. The summed E-state index contributed by atoms with van der Waals surface area (Å²) in [4.78, 5) is 0. The van der Waals surface area contributed by atoms with Gasteiger partial charge in [0.1, 0.15) is 0 Å². The molecule has 0 aromatic heterocycles. The Morgan fingerprint density at radius 3 is 1.55 bits per heavy atom. The molecule has 0 aliphatic heterocycles. The molecule has 1 N–H and O–H groups in total. The Kier molecular flexibility index (Phi) is 6.29. The topological polar surface area (TPSA) is 29.5 Å². The quantitative estimate of drug-likeness (QED) is 0.494. The zero-order valence-electron chi connectivity index (χ0n) is 13.5. The fraction of sp³-hybridized carbons (Fsp3) is 0.571. The van der Waals surface area contributed by atoms with Crippen LogP contribution in [0.15, 0.2) is 24.3 Å². The lowest BCUT2D eigenvalue weighted by molar-refractivity contribution is -0.440. The van der Waals surface area contributed by atoms with Gasteiger partial charge in [0.15, 0.2) is 11.5 Å². The largest absolute Gasteiger partial charge is 0.504 e. The van der Waals surface area contributed by atoms with E-state index in [-0.39, 0.29) is 0 Å². The summed E-state index contributed by atoms with van der Waals surface area (Å²) in [6.45, 7) is -1.63. The molecule has 0 heterocycles. The second-order valence-corrected chi connectivity index (χ2v) is 5.57. The van der Waals surface area contributed by atoms with Gasteiger partial charge in [0.25, 0.3) is 0 Å². The zero-order valence-corrected chi connectivity index (χ0v) is 13.5. The molecule has 0 aliphatic carbocycles. The molecule has 0 fully saturated rings. The van der Waals surface area contributed by atoms with Crippen molar-refractivity contribution in [2.45, 2.75) is 42.2 Å². The van der Waals surface area contributed by atoms with Crippen LogP contribution in [0.3, 0.4) is 0 Å². The van der Waals surface area contributed by atoms with Crippen molar-refractivity contribution in [3.63, 3.8) is 0 Å². The molecular weight excluding hydrogens is 447 g/mol. The molecule has 0 saturated carbocycles. The van der Waals surface area contributed by atoms with Gasteiger partial charge in [-0.15, -0.1) is 0 Å². The van der Waals surface area contributed by atoms with Crippen LogP contribution in [0.1, 0.15) is 6.42 Å². The van der Waals surface area contributed by atoms with E-state index in [2.05, 4.69) is 4.74 Å². The Labute approximate surface area is 152 Å². The zero-order chi connectivity index (χ0) is 23.1. The normalized spacial score (nSPS) is 14.8. The molecule has 0 bridgehead atoms. The summed E-state index contributed by atoms with van der Waals surface area (Å²) >= 11 is 0. The van der Waals surface area contributed by atoms with Crippen molar-refractivity contribution in [1.82, 2.24) is 0 Å². The Balaban J connectivity index is 3.13. The summed E-state index contributed by atoms with van der Waals surface area (Å²) < 4.78 is 172. The molecule has 0 amide bonds. The van der Waals surface area contributed by atoms with Gasteiger partial charge >= 0.3 is 35.8 Å². The number of ether oxygens (including phenoxy) is 1. The predicted octanol–water partition coefficient (Wildman–Crippen LogP) is 5.90. The second-order valence-electron chi connectivity index (χ2n) is 5.57. The third-order valence-corrected chi connectivity index (χ3v) is 3.54. The minimum Gasteiger partial charge on any atom is -0.504 e. The smallest absolute Gasteiger partial charge is 0.460 e. The van der Waals surface area contributed by atoms with Crippen LogP contribution in [0, 0.1) is 0 Å². The van der Waals surface area contributed by atoms with E-state index in [4.69, 9.17) is 0 Å². The molecule has 168 valence electrons. The highest BCUT2D eigenvalue weighted by molar-refractivity contribution is 5.37. The first-order valence-electron chi connectivity index (χ1n) is 7.10. The van der Waals surface area contributed by atoms with Gasteiger partial charge in [-0.3, -0.25) is 0 Å². The molecule has 1 aromatic carbocycles. The average Bonchev–Trinajstić information content (AvgIpc) is 2.54. The molecule has 0 saturated heterocycles. The average molecular weight is 456 g/mol. The summed E-state index contributed by atoms with van der Waals surface area (Å²) in [6, 6.07) is 4.18. The van der Waals surface area contributed by atoms with Gasteiger partial charge < -0.3 is 9.84 Å². The van der Waals surface area contributed by atoms with Gasteiger partial charge in [0.05, 0.1) is 13.0 Å². The van der Waals surface area contributed by atoms with Crippen molar-refractivity contribution in [2.24, 2.45) is 0 Å². The van der Waals surface area contributed by atoms with Crippen LogP contribution in [0.5, 0.6) is 11.5 Å². The molecule has 1 rings (SSSR count). The standard InChI is InChI=1S/C14H9F13O2/c15-9(16,5-6-29-8-4-2-1-3-7(8)28)10(17,18)11(19,20)12(21,22)13(23,24)14(25,26)27/h1-4,28H,5-6H2. The number of phenolic OH excluding ortho intramolecular Hbond substituents is 1. The lowest BCUT2D eigenvalue weighted by Gasteiger charge is -2.39. The van der Waals surface area contributed by atoms with Gasteiger partial charge in [-0.05, 0) is 12.1 Å². The fourth-order valence-corrected chi connectivity index (χ4v) is 1.83. The Morgan fingerprint density at radius 2 is 1.10 bits per heavy atom. The number of rotatable bonds is 8. The molecule has 29 heavy (non-hydrogen) atoms. The summed E-state index contributed by atoms with van der Waals surface area (Å²) in [5, 5.41) is 9.23. The van der Waals surface area contributed by atoms with Crippen LogP contribution in [0.4, 0.5) is 57.1 Å². The highest BCUT2D eigenvalue weighted by Crippen LogP contribution is 2.60. The number of alkyl halides is 13. The summed E-state index contributed by atoms with van der Waals surface area (Å²) in [5.41, 5.74) is 0. The first-order valence-corrected chi connectivity index (χ1v) is 7.10. The van der Waals surface area contributed by atoms with E-state index in [1.165, 1.54) is 6.07 Å². The number of hydrogen-bond donors (Lipinski definition) is 1. The maximum atomic E-state index is 13.5. The lowest BCUT2D eigenvalue weighted by atomic mass is 9.93. The van der Waals surface area contributed by atoms with Crippen molar-refractivity contribution in [1.29, 1.82) is 0 Å². The van der Waals surface area contributed by atoms with E-state index >= 15 is 0 Å². The van der Waals surface area contributed by atoms with Crippen molar-refractivity contribution < 1.29 is 66.9 Å². The highest BCUT2D eigenvalue weighted by atomic mass is 19.4. The van der Waals surface area contributed by atoms with E-state index in [1.54, 1.807) is 0 Å². The van der Waals surface area contributed by atoms with E-state index in [1.807, 2.05) is 0 Å². The first-order chi connectivity index (χ1) is 12.7. The molecule has 0 spiro atoms. The predicted molar refractivity (Wildman–Crippen MR) is 69.0 cm³/mol. The number of phenols is 1.